The van der Waals surface area contributed by atoms with Gasteiger partial charge in [-0.05, 0) is 49.1 Å². The lowest BCUT2D eigenvalue weighted by atomic mass is 10.0. The number of hydrogen-bond donors (Lipinski definition) is 0. The predicted molar refractivity (Wildman–Crippen MR) is 108 cm³/mol. The Hall–Kier alpha value is -3.22. The molecule has 0 spiro atoms. The van der Waals surface area contributed by atoms with Crippen molar-refractivity contribution in [2.75, 3.05) is 6.61 Å². The molecule has 2 rings (SSSR count). The SMILES string of the molecule is CCC(=O)OCCCCCCc1ccc(C(=O)Oc2ccc([N+](=O)[O-])cc2)cc1. The number of nitrogens with zero attached hydrogens (tertiary/aromatic N) is 1. The molecular formula is C22H25NO6. The second kappa shape index (κ2) is 11.6. The predicted octanol–water partition coefficient (Wildman–Crippen LogP) is 4.87. The fourth-order valence-electron chi connectivity index (χ4n) is 2.68. The summed E-state index contributed by atoms with van der Waals surface area (Å²) in [7, 11) is 0. The molecule has 7 nitrogen and oxygen atoms in total. The van der Waals surface area contributed by atoms with Crippen molar-refractivity contribution in [3.05, 3.63) is 69.8 Å². The highest BCUT2D eigenvalue weighted by Gasteiger charge is 2.10. The van der Waals surface area contributed by atoms with Crippen molar-refractivity contribution < 1.29 is 24.0 Å². The Balaban J connectivity index is 1.71. The standard InChI is InChI=1S/C22H25NO6/c1-2-21(24)28-16-6-4-3-5-7-17-8-10-18(11-9-17)22(25)29-20-14-12-19(13-15-20)23(26)27/h8-15H,2-7,16H2,1H3. The molecule has 0 amide bonds. The molecule has 0 aliphatic rings. The Morgan fingerprint density at radius 3 is 2.21 bits per heavy atom. The molecule has 0 radical (unpaired) electrons. The third-order valence-corrected chi connectivity index (χ3v) is 4.36. The van der Waals surface area contributed by atoms with Crippen LogP contribution in [0.3, 0.4) is 0 Å². The average Bonchev–Trinajstić information content (AvgIpc) is 2.73. The quantitative estimate of drug-likeness (QED) is 0.176. The maximum Gasteiger partial charge on any atom is 0.343 e. The first kappa shape index (κ1) is 22.1. The third kappa shape index (κ3) is 7.73. The Kier molecular flexibility index (Phi) is 8.82. The van der Waals surface area contributed by atoms with Crippen molar-refractivity contribution in [2.45, 2.75) is 45.4 Å². The summed E-state index contributed by atoms with van der Waals surface area (Å²) >= 11 is 0. The number of ether oxygens (including phenoxy) is 2. The number of rotatable bonds is 11. The number of carbonyl (C=O) groups excluding carboxylic acids is 2. The van der Waals surface area contributed by atoms with Crippen molar-refractivity contribution in [1.29, 1.82) is 0 Å². The van der Waals surface area contributed by atoms with Crippen LogP contribution in [0.2, 0.25) is 0 Å². The van der Waals surface area contributed by atoms with Crippen LogP contribution in [0.15, 0.2) is 48.5 Å². The lowest BCUT2D eigenvalue weighted by Gasteiger charge is -2.06. The summed E-state index contributed by atoms with van der Waals surface area (Å²) in [6.07, 6.45) is 5.28. The second-order valence-corrected chi connectivity index (χ2v) is 6.58. The summed E-state index contributed by atoms with van der Waals surface area (Å²) in [5.74, 6) is -0.404. The fraction of sp³-hybridized carbons (Fsp3) is 0.364. The van der Waals surface area contributed by atoms with Crippen LogP contribution in [0.25, 0.3) is 0 Å². The summed E-state index contributed by atoms with van der Waals surface area (Å²) in [4.78, 5) is 33.3. The molecule has 0 atom stereocenters. The lowest BCUT2D eigenvalue weighted by molar-refractivity contribution is -0.384. The van der Waals surface area contributed by atoms with Gasteiger partial charge in [-0.15, -0.1) is 0 Å². The third-order valence-electron chi connectivity index (χ3n) is 4.36. The van der Waals surface area contributed by atoms with Gasteiger partial charge in [0.1, 0.15) is 5.75 Å². The van der Waals surface area contributed by atoms with Crippen molar-refractivity contribution in [3.63, 3.8) is 0 Å². The van der Waals surface area contributed by atoms with E-state index in [0.717, 1.165) is 37.7 Å². The van der Waals surface area contributed by atoms with Crippen LogP contribution in [0.1, 0.15) is 54.9 Å². The Bertz CT molecular complexity index is 814. The van der Waals surface area contributed by atoms with Crippen LogP contribution in [0.4, 0.5) is 5.69 Å². The number of carbonyl (C=O) groups is 2. The van der Waals surface area contributed by atoms with E-state index >= 15 is 0 Å². The first-order chi connectivity index (χ1) is 14.0. The second-order valence-electron chi connectivity index (χ2n) is 6.58. The van der Waals surface area contributed by atoms with Crippen LogP contribution in [-0.4, -0.2) is 23.5 Å². The number of benzene rings is 2. The number of hydrogen-bond acceptors (Lipinski definition) is 6. The van der Waals surface area contributed by atoms with E-state index in [0.29, 0.717) is 18.6 Å². The molecule has 2 aromatic rings. The molecule has 2 aromatic carbocycles. The number of nitro benzene ring substituents is 1. The highest BCUT2D eigenvalue weighted by molar-refractivity contribution is 5.91. The van der Waals surface area contributed by atoms with Gasteiger partial charge in [-0.3, -0.25) is 14.9 Å². The van der Waals surface area contributed by atoms with Gasteiger partial charge >= 0.3 is 11.9 Å². The minimum absolute atomic E-state index is 0.0591. The van der Waals surface area contributed by atoms with E-state index < -0.39 is 10.9 Å². The average molecular weight is 399 g/mol. The van der Waals surface area contributed by atoms with Crippen molar-refractivity contribution in [1.82, 2.24) is 0 Å². The number of aryl methyl sites for hydroxylation is 1. The highest BCUT2D eigenvalue weighted by atomic mass is 16.6. The largest absolute Gasteiger partial charge is 0.466 e. The summed E-state index contributed by atoms with van der Waals surface area (Å²) in [6.45, 7) is 2.27. The van der Waals surface area contributed by atoms with E-state index in [2.05, 4.69) is 0 Å². The maximum atomic E-state index is 12.2. The van der Waals surface area contributed by atoms with Gasteiger partial charge in [-0.1, -0.05) is 31.9 Å². The molecule has 0 bridgehead atoms. The van der Waals surface area contributed by atoms with E-state index in [1.165, 1.54) is 24.3 Å². The molecular weight excluding hydrogens is 374 g/mol. The molecule has 0 N–H and O–H groups in total. The zero-order chi connectivity index (χ0) is 21.1. The lowest BCUT2D eigenvalue weighted by Crippen LogP contribution is -2.08. The monoisotopic (exact) mass is 399 g/mol. The molecule has 0 aromatic heterocycles. The van der Waals surface area contributed by atoms with E-state index in [4.69, 9.17) is 9.47 Å². The minimum atomic E-state index is -0.508. The first-order valence-corrected chi connectivity index (χ1v) is 9.70. The number of non-ortho nitro benzene ring substituents is 1. The zero-order valence-corrected chi connectivity index (χ0v) is 16.5. The fourth-order valence-corrected chi connectivity index (χ4v) is 2.68. The zero-order valence-electron chi connectivity index (χ0n) is 16.5. The molecule has 0 aliphatic carbocycles. The Labute approximate surface area is 169 Å². The smallest absolute Gasteiger partial charge is 0.343 e. The Morgan fingerprint density at radius 1 is 0.931 bits per heavy atom. The van der Waals surface area contributed by atoms with Crippen LogP contribution in [0.5, 0.6) is 5.75 Å². The van der Waals surface area contributed by atoms with E-state index in [1.54, 1.807) is 19.1 Å². The molecule has 7 heteroatoms. The molecule has 0 fully saturated rings. The summed E-state index contributed by atoms with van der Waals surface area (Å²) < 4.78 is 10.3. The van der Waals surface area contributed by atoms with Crippen molar-refractivity contribution in [3.8, 4) is 5.75 Å². The van der Waals surface area contributed by atoms with Gasteiger partial charge in [0.15, 0.2) is 0 Å². The van der Waals surface area contributed by atoms with Gasteiger partial charge in [0.2, 0.25) is 0 Å². The molecule has 0 aliphatic heterocycles. The highest BCUT2D eigenvalue weighted by Crippen LogP contribution is 2.19. The van der Waals surface area contributed by atoms with Gasteiger partial charge < -0.3 is 9.47 Å². The Morgan fingerprint density at radius 2 is 1.59 bits per heavy atom. The van der Waals surface area contributed by atoms with Crippen LogP contribution in [0, 0.1) is 10.1 Å². The van der Waals surface area contributed by atoms with Gasteiger partial charge in [-0.2, -0.15) is 0 Å². The molecule has 154 valence electrons. The molecule has 29 heavy (non-hydrogen) atoms. The van der Waals surface area contributed by atoms with Crippen molar-refractivity contribution >= 4 is 17.6 Å². The summed E-state index contributed by atoms with van der Waals surface area (Å²) in [5, 5.41) is 10.6. The first-order valence-electron chi connectivity index (χ1n) is 9.70. The molecule has 0 unspecified atom stereocenters. The molecule has 0 saturated carbocycles. The van der Waals surface area contributed by atoms with Crippen molar-refractivity contribution in [2.24, 2.45) is 0 Å². The van der Waals surface area contributed by atoms with Crippen LogP contribution in [-0.2, 0) is 16.0 Å². The number of unbranched alkanes of at least 4 members (excludes halogenated alkanes) is 3. The molecule has 0 saturated heterocycles. The van der Waals surface area contributed by atoms with E-state index in [9.17, 15) is 19.7 Å². The van der Waals surface area contributed by atoms with E-state index in [-0.39, 0.29) is 17.4 Å². The van der Waals surface area contributed by atoms with Gasteiger partial charge in [-0.25, -0.2) is 4.79 Å². The summed E-state index contributed by atoms with van der Waals surface area (Å²) in [6, 6.07) is 12.6. The normalized spacial score (nSPS) is 10.4. The van der Waals surface area contributed by atoms with Gasteiger partial charge in [0.05, 0.1) is 17.1 Å². The van der Waals surface area contributed by atoms with Gasteiger partial charge in [0, 0.05) is 18.6 Å². The molecule has 0 heterocycles. The van der Waals surface area contributed by atoms with E-state index in [1.807, 2.05) is 12.1 Å². The summed E-state index contributed by atoms with van der Waals surface area (Å²) in [5.41, 5.74) is 1.50. The number of esters is 2. The van der Waals surface area contributed by atoms with Crippen LogP contribution < -0.4 is 4.74 Å². The maximum absolute atomic E-state index is 12.2. The van der Waals surface area contributed by atoms with Crippen LogP contribution >= 0.6 is 0 Å². The minimum Gasteiger partial charge on any atom is -0.466 e. The number of nitro groups is 1. The topological polar surface area (TPSA) is 95.7 Å². The van der Waals surface area contributed by atoms with Gasteiger partial charge in [0.25, 0.3) is 5.69 Å².